The molecule has 0 amide bonds. The maximum absolute atomic E-state index is 5.87. The number of hydrogen-bond acceptors (Lipinski definition) is 3. The number of methoxy groups -OCH3 is 1. The molecule has 1 N–H and O–H groups in total. The van der Waals surface area contributed by atoms with Crippen LogP contribution in [-0.4, -0.2) is 22.3 Å². The Bertz CT molecular complexity index is 455. The molecule has 1 aromatic heterocycles. The van der Waals surface area contributed by atoms with Gasteiger partial charge in [-0.25, -0.2) is 4.98 Å². The molecule has 0 radical (unpaired) electrons. The first-order chi connectivity index (χ1) is 7.29. The first-order valence-corrected chi connectivity index (χ1v) is 4.83. The minimum atomic E-state index is 0.424. The van der Waals surface area contributed by atoms with Crippen molar-refractivity contribution < 1.29 is 4.74 Å². The molecule has 2 rings (SSSR count). The second kappa shape index (κ2) is 4.42. The van der Waals surface area contributed by atoms with Gasteiger partial charge in [-0.1, -0.05) is 23.7 Å². The fourth-order valence-electron chi connectivity index (χ4n) is 1.25. The molecule has 0 spiro atoms. The van der Waals surface area contributed by atoms with Crippen LogP contribution in [0.4, 0.5) is 0 Å². The van der Waals surface area contributed by atoms with E-state index < -0.39 is 0 Å². The van der Waals surface area contributed by atoms with Crippen molar-refractivity contribution in [2.45, 2.75) is 6.61 Å². The number of nitrogens with one attached hydrogen (secondary N) is 1. The molecule has 1 aromatic carbocycles. The van der Waals surface area contributed by atoms with E-state index >= 15 is 0 Å². The average molecular weight is 224 g/mol. The van der Waals surface area contributed by atoms with Crippen molar-refractivity contribution in [3.05, 3.63) is 35.1 Å². The van der Waals surface area contributed by atoms with E-state index in [1.54, 1.807) is 7.11 Å². The first kappa shape index (κ1) is 10.1. The Kier molecular flexibility index (Phi) is 2.99. The Morgan fingerprint density at radius 3 is 3.07 bits per heavy atom. The predicted molar refractivity (Wildman–Crippen MR) is 57.5 cm³/mol. The number of aromatic amines is 1. The molecule has 5 heteroatoms. The van der Waals surface area contributed by atoms with Crippen LogP contribution >= 0.6 is 11.6 Å². The van der Waals surface area contributed by atoms with Crippen molar-refractivity contribution in [1.82, 2.24) is 15.2 Å². The van der Waals surface area contributed by atoms with Crippen LogP contribution in [0.25, 0.3) is 11.4 Å². The lowest BCUT2D eigenvalue weighted by Gasteiger charge is -1.94. The molecular formula is C10H10ClN3O. The number of hydrogen-bond donors (Lipinski definition) is 1. The van der Waals surface area contributed by atoms with Gasteiger partial charge in [-0.2, -0.15) is 5.10 Å². The van der Waals surface area contributed by atoms with E-state index in [0.29, 0.717) is 23.3 Å². The van der Waals surface area contributed by atoms with Gasteiger partial charge in [0.2, 0.25) is 0 Å². The highest BCUT2D eigenvalue weighted by Crippen LogP contribution is 2.19. The molecule has 1 heterocycles. The van der Waals surface area contributed by atoms with E-state index in [1.807, 2.05) is 24.3 Å². The highest BCUT2D eigenvalue weighted by Gasteiger charge is 2.05. The summed E-state index contributed by atoms with van der Waals surface area (Å²) in [6, 6.07) is 7.41. The average Bonchev–Trinajstić information content (AvgIpc) is 2.67. The summed E-state index contributed by atoms with van der Waals surface area (Å²) in [6.07, 6.45) is 0. The van der Waals surface area contributed by atoms with Gasteiger partial charge in [0.15, 0.2) is 11.6 Å². The van der Waals surface area contributed by atoms with E-state index in [0.717, 1.165) is 5.56 Å². The van der Waals surface area contributed by atoms with Gasteiger partial charge < -0.3 is 4.74 Å². The second-order valence-electron chi connectivity index (χ2n) is 3.05. The van der Waals surface area contributed by atoms with Crippen LogP contribution in [0.5, 0.6) is 0 Å². The minimum Gasteiger partial charge on any atom is -0.377 e. The number of halogens is 1. The van der Waals surface area contributed by atoms with Crippen LogP contribution in [0.15, 0.2) is 24.3 Å². The molecule has 2 aromatic rings. The normalized spacial score (nSPS) is 10.5. The lowest BCUT2D eigenvalue weighted by atomic mass is 10.2. The van der Waals surface area contributed by atoms with Gasteiger partial charge >= 0.3 is 0 Å². The maximum atomic E-state index is 5.87. The molecule has 0 aliphatic rings. The van der Waals surface area contributed by atoms with E-state index in [2.05, 4.69) is 15.2 Å². The van der Waals surface area contributed by atoms with Crippen LogP contribution in [0.1, 0.15) is 5.82 Å². The number of aromatic nitrogens is 3. The zero-order valence-electron chi connectivity index (χ0n) is 8.20. The molecule has 0 fully saturated rings. The highest BCUT2D eigenvalue weighted by molar-refractivity contribution is 6.30. The molecular weight excluding hydrogens is 214 g/mol. The zero-order valence-corrected chi connectivity index (χ0v) is 8.95. The zero-order chi connectivity index (χ0) is 10.7. The fourth-order valence-corrected chi connectivity index (χ4v) is 1.44. The van der Waals surface area contributed by atoms with E-state index in [-0.39, 0.29) is 0 Å². The lowest BCUT2D eigenvalue weighted by molar-refractivity contribution is 0.178. The topological polar surface area (TPSA) is 50.8 Å². The summed E-state index contributed by atoms with van der Waals surface area (Å²) in [5.41, 5.74) is 0.890. The predicted octanol–water partition coefficient (Wildman–Crippen LogP) is 2.27. The maximum Gasteiger partial charge on any atom is 0.181 e. The summed E-state index contributed by atoms with van der Waals surface area (Å²) in [5.74, 6) is 1.33. The van der Waals surface area contributed by atoms with Crippen LogP contribution in [0.2, 0.25) is 5.02 Å². The smallest absolute Gasteiger partial charge is 0.181 e. The van der Waals surface area contributed by atoms with Gasteiger partial charge in [0.25, 0.3) is 0 Å². The summed E-state index contributed by atoms with van der Waals surface area (Å²) in [4.78, 5) is 4.26. The van der Waals surface area contributed by atoms with Crippen molar-refractivity contribution in [3.8, 4) is 11.4 Å². The fraction of sp³-hybridized carbons (Fsp3) is 0.200. The van der Waals surface area contributed by atoms with E-state index in [9.17, 15) is 0 Å². The number of ether oxygens (including phenoxy) is 1. The molecule has 15 heavy (non-hydrogen) atoms. The molecule has 78 valence electrons. The monoisotopic (exact) mass is 223 g/mol. The Balaban J connectivity index is 2.29. The Labute approximate surface area is 92.3 Å². The SMILES string of the molecule is COCc1nc(-c2cccc(Cl)c2)n[nH]1. The third-order valence-corrected chi connectivity index (χ3v) is 2.13. The van der Waals surface area contributed by atoms with Gasteiger partial charge in [-0.15, -0.1) is 0 Å². The third-order valence-electron chi connectivity index (χ3n) is 1.90. The van der Waals surface area contributed by atoms with Gasteiger partial charge in [0.05, 0.1) is 0 Å². The summed E-state index contributed by atoms with van der Waals surface area (Å²) < 4.78 is 4.94. The summed E-state index contributed by atoms with van der Waals surface area (Å²) in [7, 11) is 1.61. The van der Waals surface area contributed by atoms with E-state index in [4.69, 9.17) is 16.3 Å². The summed E-state index contributed by atoms with van der Waals surface area (Å²) in [6.45, 7) is 0.424. The standard InChI is InChI=1S/C10H10ClN3O/c1-15-6-9-12-10(14-13-9)7-3-2-4-8(11)5-7/h2-5H,6H2,1H3,(H,12,13,14). The molecule has 0 saturated heterocycles. The Hall–Kier alpha value is -1.39. The number of H-pyrrole nitrogens is 1. The van der Waals surface area contributed by atoms with Gasteiger partial charge in [-0.3, -0.25) is 5.10 Å². The molecule has 0 saturated carbocycles. The largest absolute Gasteiger partial charge is 0.377 e. The Morgan fingerprint density at radius 1 is 1.47 bits per heavy atom. The van der Waals surface area contributed by atoms with Gasteiger partial charge in [0.1, 0.15) is 6.61 Å². The lowest BCUT2D eigenvalue weighted by Crippen LogP contribution is -1.89. The number of rotatable bonds is 3. The van der Waals surface area contributed by atoms with Crippen molar-refractivity contribution in [2.75, 3.05) is 7.11 Å². The van der Waals surface area contributed by atoms with Crippen molar-refractivity contribution >= 4 is 11.6 Å². The quantitative estimate of drug-likeness (QED) is 0.869. The Morgan fingerprint density at radius 2 is 2.33 bits per heavy atom. The van der Waals surface area contributed by atoms with Crippen molar-refractivity contribution in [2.24, 2.45) is 0 Å². The third kappa shape index (κ3) is 2.34. The number of benzene rings is 1. The number of nitrogens with zero attached hydrogens (tertiary/aromatic N) is 2. The van der Waals surface area contributed by atoms with Crippen LogP contribution < -0.4 is 0 Å². The summed E-state index contributed by atoms with van der Waals surface area (Å²) in [5, 5.41) is 7.54. The van der Waals surface area contributed by atoms with Crippen LogP contribution in [0, 0.1) is 0 Å². The highest BCUT2D eigenvalue weighted by atomic mass is 35.5. The molecule has 4 nitrogen and oxygen atoms in total. The van der Waals surface area contributed by atoms with Crippen molar-refractivity contribution in [1.29, 1.82) is 0 Å². The van der Waals surface area contributed by atoms with Crippen LogP contribution in [0.3, 0.4) is 0 Å². The second-order valence-corrected chi connectivity index (χ2v) is 3.49. The molecule has 0 atom stereocenters. The first-order valence-electron chi connectivity index (χ1n) is 4.46. The molecule has 0 aliphatic heterocycles. The van der Waals surface area contributed by atoms with Crippen LogP contribution in [-0.2, 0) is 11.3 Å². The summed E-state index contributed by atoms with van der Waals surface area (Å²) >= 11 is 5.87. The molecule has 0 bridgehead atoms. The molecule has 0 aliphatic carbocycles. The van der Waals surface area contributed by atoms with Crippen molar-refractivity contribution in [3.63, 3.8) is 0 Å². The molecule has 0 unspecified atom stereocenters. The van der Waals surface area contributed by atoms with E-state index in [1.165, 1.54) is 0 Å². The van der Waals surface area contributed by atoms with Gasteiger partial charge in [-0.05, 0) is 12.1 Å². The minimum absolute atomic E-state index is 0.424. The van der Waals surface area contributed by atoms with Gasteiger partial charge in [0, 0.05) is 17.7 Å².